The van der Waals surface area contributed by atoms with Crippen molar-refractivity contribution in [3.05, 3.63) is 59.7 Å². The Labute approximate surface area is 132 Å². The maximum absolute atomic E-state index is 11.7. The number of rotatable bonds is 5. The summed E-state index contributed by atoms with van der Waals surface area (Å²) in [6.45, 7) is -0.230. The fraction of sp³-hybridized carbons (Fsp3) is 0.0625. The monoisotopic (exact) mass is 313 g/mol. The molecule has 7 nitrogen and oxygen atoms in total. The van der Waals surface area contributed by atoms with Crippen molar-refractivity contribution in [2.24, 2.45) is 5.10 Å². The molecule has 0 saturated heterocycles. The van der Waals surface area contributed by atoms with Crippen LogP contribution in [0.5, 0.6) is 11.5 Å². The lowest BCUT2D eigenvalue weighted by atomic mass is 10.2. The predicted octanol–water partition coefficient (Wildman–Crippen LogP) is 0.978. The first-order chi connectivity index (χ1) is 11.1. The summed E-state index contributed by atoms with van der Waals surface area (Å²) in [6, 6.07) is 12.5. The molecule has 2 amide bonds. The van der Waals surface area contributed by atoms with Gasteiger partial charge in [0.25, 0.3) is 11.8 Å². The van der Waals surface area contributed by atoms with Gasteiger partial charge in [-0.1, -0.05) is 18.2 Å². The molecule has 0 aliphatic rings. The van der Waals surface area contributed by atoms with Crippen molar-refractivity contribution in [3.8, 4) is 11.5 Å². The molecule has 0 radical (unpaired) electrons. The number of hydrazone groups is 1. The molecule has 0 spiro atoms. The molecule has 0 saturated carbocycles. The van der Waals surface area contributed by atoms with Gasteiger partial charge < -0.3 is 15.5 Å². The van der Waals surface area contributed by atoms with Crippen molar-refractivity contribution in [1.29, 1.82) is 0 Å². The van der Waals surface area contributed by atoms with Crippen LogP contribution in [-0.2, 0) is 4.79 Å². The van der Waals surface area contributed by atoms with Crippen molar-refractivity contribution in [1.82, 2.24) is 10.7 Å². The maximum atomic E-state index is 11.7. The highest BCUT2D eigenvalue weighted by atomic mass is 16.3. The van der Waals surface area contributed by atoms with Crippen molar-refractivity contribution < 1.29 is 19.8 Å². The zero-order valence-corrected chi connectivity index (χ0v) is 12.1. The van der Waals surface area contributed by atoms with Gasteiger partial charge in [-0.05, 0) is 24.3 Å². The smallest absolute Gasteiger partial charge is 0.259 e. The minimum absolute atomic E-state index is 0.0766. The van der Waals surface area contributed by atoms with E-state index in [4.69, 9.17) is 5.11 Å². The van der Waals surface area contributed by atoms with Crippen LogP contribution >= 0.6 is 0 Å². The highest BCUT2D eigenvalue weighted by molar-refractivity contribution is 5.96. The third-order valence-electron chi connectivity index (χ3n) is 2.85. The Kier molecular flexibility index (Phi) is 5.30. The lowest BCUT2D eigenvalue weighted by molar-refractivity contribution is -0.120. The molecule has 0 unspecified atom stereocenters. The minimum atomic E-state index is -0.510. The molecule has 7 heteroatoms. The topological polar surface area (TPSA) is 111 Å². The molecule has 118 valence electrons. The van der Waals surface area contributed by atoms with E-state index >= 15 is 0 Å². The van der Waals surface area contributed by atoms with Gasteiger partial charge in [0.05, 0.1) is 12.8 Å². The molecule has 2 aromatic rings. The highest BCUT2D eigenvalue weighted by Gasteiger charge is 2.06. The van der Waals surface area contributed by atoms with Crippen LogP contribution in [0.2, 0.25) is 0 Å². The second-order valence-corrected chi connectivity index (χ2v) is 4.59. The molecule has 0 fully saturated rings. The van der Waals surface area contributed by atoms with E-state index in [-0.39, 0.29) is 24.0 Å². The number of phenols is 2. The van der Waals surface area contributed by atoms with E-state index in [1.54, 1.807) is 30.3 Å². The van der Waals surface area contributed by atoms with Crippen LogP contribution in [0.25, 0.3) is 0 Å². The quantitative estimate of drug-likeness (QED) is 0.487. The number of nitrogens with zero attached hydrogens (tertiary/aromatic N) is 1. The van der Waals surface area contributed by atoms with E-state index in [1.165, 1.54) is 18.3 Å². The molecule has 23 heavy (non-hydrogen) atoms. The van der Waals surface area contributed by atoms with Gasteiger partial charge in [0.2, 0.25) is 0 Å². The highest BCUT2D eigenvalue weighted by Crippen LogP contribution is 2.20. The zero-order chi connectivity index (χ0) is 16.7. The van der Waals surface area contributed by atoms with Crippen molar-refractivity contribution in [3.63, 3.8) is 0 Å². The van der Waals surface area contributed by atoms with E-state index < -0.39 is 5.91 Å². The Bertz CT molecular complexity index is 729. The number of aromatic hydroxyl groups is 2. The minimum Gasteiger partial charge on any atom is -0.508 e. The van der Waals surface area contributed by atoms with E-state index in [1.807, 2.05) is 0 Å². The number of carbonyl (C=O) groups excluding carboxylic acids is 2. The summed E-state index contributed by atoms with van der Waals surface area (Å²) < 4.78 is 0. The second-order valence-electron chi connectivity index (χ2n) is 4.59. The summed E-state index contributed by atoms with van der Waals surface area (Å²) in [4.78, 5) is 23.3. The summed E-state index contributed by atoms with van der Waals surface area (Å²) in [6.07, 6.45) is 1.23. The van der Waals surface area contributed by atoms with Gasteiger partial charge in [-0.25, -0.2) is 5.43 Å². The van der Waals surface area contributed by atoms with Gasteiger partial charge in [0.15, 0.2) is 0 Å². The Balaban J connectivity index is 1.81. The van der Waals surface area contributed by atoms with Crippen LogP contribution in [0.15, 0.2) is 53.6 Å². The number of amides is 2. The van der Waals surface area contributed by atoms with Gasteiger partial charge in [-0.2, -0.15) is 5.10 Å². The first-order valence-corrected chi connectivity index (χ1v) is 6.73. The normalized spacial score (nSPS) is 10.4. The fourth-order valence-corrected chi connectivity index (χ4v) is 1.71. The van der Waals surface area contributed by atoms with Crippen molar-refractivity contribution in [2.45, 2.75) is 0 Å². The molecule has 0 bridgehead atoms. The van der Waals surface area contributed by atoms with Gasteiger partial charge in [-0.3, -0.25) is 9.59 Å². The molecule has 2 aromatic carbocycles. The van der Waals surface area contributed by atoms with Crippen LogP contribution in [0, 0.1) is 0 Å². The lowest BCUT2D eigenvalue weighted by Crippen LogP contribution is -2.34. The fourth-order valence-electron chi connectivity index (χ4n) is 1.71. The maximum Gasteiger partial charge on any atom is 0.259 e. The van der Waals surface area contributed by atoms with E-state index in [0.29, 0.717) is 11.1 Å². The summed E-state index contributed by atoms with van der Waals surface area (Å²) in [5.41, 5.74) is 3.01. The summed E-state index contributed by atoms with van der Waals surface area (Å²) in [5.74, 6) is -1.11. The molecule has 0 atom stereocenters. The van der Waals surface area contributed by atoms with Crippen LogP contribution in [-0.4, -0.2) is 34.8 Å². The summed E-state index contributed by atoms with van der Waals surface area (Å²) in [5, 5.41) is 24.8. The lowest BCUT2D eigenvalue weighted by Gasteiger charge is -2.04. The standard InChI is InChI=1S/C16H15N3O4/c20-13-7-6-12(14(21)8-13)9-18-19-15(22)10-17-16(23)11-4-2-1-3-5-11/h1-9,20-21H,10H2,(H,17,23)(H,19,22)/b18-9-. The zero-order valence-electron chi connectivity index (χ0n) is 12.1. The molecular weight excluding hydrogens is 298 g/mol. The van der Waals surface area contributed by atoms with Crippen LogP contribution in [0.3, 0.4) is 0 Å². The van der Waals surface area contributed by atoms with Crippen LogP contribution in [0.4, 0.5) is 0 Å². The van der Waals surface area contributed by atoms with Crippen LogP contribution in [0.1, 0.15) is 15.9 Å². The van der Waals surface area contributed by atoms with Gasteiger partial charge in [-0.15, -0.1) is 0 Å². The SMILES string of the molecule is O=C(CNC(=O)c1ccccc1)N/N=C\c1ccc(O)cc1O. The van der Waals surface area contributed by atoms with Gasteiger partial charge in [0, 0.05) is 17.2 Å². The molecule has 4 N–H and O–H groups in total. The van der Waals surface area contributed by atoms with Crippen molar-refractivity contribution >= 4 is 18.0 Å². The first kappa shape index (κ1) is 16.0. The average Bonchev–Trinajstić information content (AvgIpc) is 2.55. The Morgan fingerprint density at radius 3 is 2.52 bits per heavy atom. The Morgan fingerprint density at radius 2 is 1.83 bits per heavy atom. The third-order valence-corrected chi connectivity index (χ3v) is 2.85. The average molecular weight is 313 g/mol. The number of benzene rings is 2. The number of hydrogen-bond donors (Lipinski definition) is 4. The van der Waals surface area contributed by atoms with E-state index in [2.05, 4.69) is 15.8 Å². The summed E-state index contributed by atoms with van der Waals surface area (Å²) >= 11 is 0. The largest absolute Gasteiger partial charge is 0.508 e. The van der Waals surface area contributed by atoms with E-state index in [0.717, 1.165) is 6.07 Å². The molecule has 0 aliphatic carbocycles. The van der Waals surface area contributed by atoms with Crippen molar-refractivity contribution in [2.75, 3.05) is 6.54 Å². The Hall–Kier alpha value is -3.35. The van der Waals surface area contributed by atoms with Gasteiger partial charge >= 0.3 is 0 Å². The van der Waals surface area contributed by atoms with E-state index in [9.17, 15) is 14.7 Å². The van der Waals surface area contributed by atoms with Crippen LogP contribution < -0.4 is 10.7 Å². The molecule has 2 rings (SSSR count). The van der Waals surface area contributed by atoms with Gasteiger partial charge in [0.1, 0.15) is 11.5 Å². The number of nitrogens with one attached hydrogen (secondary N) is 2. The number of phenolic OH excluding ortho intramolecular Hbond substituents is 2. The third kappa shape index (κ3) is 4.85. The first-order valence-electron chi connectivity index (χ1n) is 6.73. The molecule has 0 aromatic heterocycles. The second kappa shape index (κ2) is 7.60. The predicted molar refractivity (Wildman–Crippen MR) is 84.3 cm³/mol. The molecule has 0 heterocycles. The Morgan fingerprint density at radius 1 is 1.09 bits per heavy atom. The molecular formula is C16H15N3O4. The molecule has 0 aliphatic heterocycles. The summed E-state index contributed by atoms with van der Waals surface area (Å²) in [7, 11) is 0. The number of hydrogen-bond acceptors (Lipinski definition) is 5. The number of carbonyl (C=O) groups is 2.